The average molecular weight is 546 g/mol. The van der Waals surface area contributed by atoms with Crippen LogP contribution in [0.4, 0.5) is 0 Å². The minimum Gasteiger partial charge on any atom is -0.493 e. The van der Waals surface area contributed by atoms with Crippen molar-refractivity contribution in [2.75, 3.05) is 41.9 Å². The number of halogens is 1. The molecular formula is C21H31IN4O3S. The Morgan fingerprint density at radius 2 is 1.83 bits per heavy atom. The van der Waals surface area contributed by atoms with Gasteiger partial charge >= 0.3 is 0 Å². The SMILES string of the molecule is COc1cc(C)c(CN(C)C(=NCC(=O)N(C)C)NCc2cccs2)cc1OC.I. The summed E-state index contributed by atoms with van der Waals surface area (Å²) in [6.07, 6.45) is 0. The largest absolute Gasteiger partial charge is 0.493 e. The second-order valence-electron chi connectivity index (χ2n) is 6.85. The van der Waals surface area contributed by atoms with Crippen molar-refractivity contribution in [3.05, 3.63) is 45.6 Å². The Morgan fingerprint density at radius 1 is 1.17 bits per heavy atom. The number of hydrogen-bond acceptors (Lipinski definition) is 5. The van der Waals surface area contributed by atoms with Crippen LogP contribution in [-0.4, -0.2) is 63.6 Å². The van der Waals surface area contributed by atoms with Crippen molar-refractivity contribution in [3.8, 4) is 11.5 Å². The van der Waals surface area contributed by atoms with Gasteiger partial charge in [-0.05, 0) is 41.6 Å². The zero-order valence-corrected chi connectivity index (χ0v) is 21.5. The van der Waals surface area contributed by atoms with Crippen LogP contribution in [0.25, 0.3) is 0 Å². The zero-order valence-electron chi connectivity index (χ0n) is 18.4. The van der Waals surface area contributed by atoms with Gasteiger partial charge in [0.05, 0.1) is 20.8 Å². The molecule has 1 aromatic carbocycles. The van der Waals surface area contributed by atoms with E-state index in [1.807, 2.05) is 42.5 Å². The number of guanidine groups is 1. The van der Waals surface area contributed by atoms with Gasteiger partial charge in [-0.3, -0.25) is 4.79 Å². The van der Waals surface area contributed by atoms with Crippen LogP contribution in [0.5, 0.6) is 11.5 Å². The van der Waals surface area contributed by atoms with Gasteiger partial charge in [0.25, 0.3) is 0 Å². The summed E-state index contributed by atoms with van der Waals surface area (Å²) in [5.74, 6) is 2.02. The van der Waals surface area contributed by atoms with Crippen molar-refractivity contribution < 1.29 is 14.3 Å². The number of amides is 1. The van der Waals surface area contributed by atoms with Crippen LogP contribution in [0.1, 0.15) is 16.0 Å². The fourth-order valence-corrected chi connectivity index (χ4v) is 3.34. The highest BCUT2D eigenvalue weighted by Gasteiger charge is 2.14. The summed E-state index contributed by atoms with van der Waals surface area (Å²) in [4.78, 5) is 21.3. The summed E-state index contributed by atoms with van der Waals surface area (Å²) >= 11 is 1.68. The molecule has 9 heteroatoms. The summed E-state index contributed by atoms with van der Waals surface area (Å²) in [7, 11) is 8.67. The molecule has 1 heterocycles. The second-order valence-corrected chi connectivity index (χ2v) is 7.88. The number of nitrogens with zero attached hydrogens (tertiary/aromatic N) is 3. The van der Waals surface area contributed by atoms with Crippen molar-refractivity contribution in [3.63, 3.8) is 0 Å². The summed E-state index contributed by atoms with van der Waals surface area (Å²) in [6, 6.07) is 8.03. The summed E-state index contributed by atoms with van der Waals surface area (Å²) in [5.41, 5.74) is 2.19. The van der Waals surface area contributed by atoms with E-state index < -0.39 is 0 Å². The van der Waals surface area contributed by atoms with E-state index in [4.69, 9.17) is 9.47 Å². The molecule has 0 aliphatic rings. The average Bonchev–Trinajstić information content (AvgIpc) is 3.22. The van der Waals surface area contributed by atoms with Gasteiger partial charge in [-0.1, -0.05) is 6.07 Å². The van der Waals surface area contributed by atoms with Gasteiger partial charge in [0, 0.05) is 32.6 Å². The number of ether oxygens (including phenoxy) is 2. The van der Waals surface area contributed by atoms with E-state index in [1.165, 1.54) is 4.88 Å². The van der Waals surface area contributed by atoms with Gasteiger partial charge in [-0.25, -0.2) is 4.99 Å². The second kappa shape index (κ2) is 12.6. The number of aliphatic imine (C=N–C) groups is 1. The van der Waals surface area contributed by atoms with Crippen molar-refractivity contribution in [2.45, 2.75) is 20.0 Å². The molecule has 2 rings (SSSR count). The number of carbonyl (C=O) groups is 1. The number of thiophene rings is 1. The van der Waals surface area contributed by atoms with Crippen LogP contribution >= 0.6 is 35.3 Å². The van der Waals surface area contributed by atoms with Crippen LogP contribution in [-0.2, 0) is 17.9 Å². The Labute approximate surface area is 200 Å². The predicted molar refractivity (Wildman–Crippen MR) is 133 cm³/mol. The fourth-order valence-electron chi connectivity index (χ4n) is 2.70. The highest BCUT2D eigenvalue weighted by Crippen LogP contribution is 2.30. The quantitative estimate of drug-likeness (QED) is 0.313. The molecule has 2 aromatic rings. The monoisotopic (exact) mass is 546 g/mol. The Balaban J connectivity index is 0.00000450. The van der Waals surface area contributed by atoms with E-state index in [9.17, 15) is 4.79 Å². The molecule has 0 aliphatic carbocycles. The minimum atomic E-state index is -0.0453. The first-order valence-corrected chi connectivity index (χ1v) is 10.2. The van der Waals surface area contributed by atoms with Crippen molar-refractivity contribution in [1.82, 2.24) is 15.1 Å². The van der Waals surface area contributed by atoms with Gasteiger partial charge in [0.15, 0.2) is 17.5 Å². The van der Waals surface area contributed by atoms with E-state index in [0.29, 0.717) is 30.5 Å². The minimum absolute atomic E-state index is 0. The molecule has 1 amide bonds. The fraction of sp³-hybridized carbons (Fsp3) is 0.429. The van der Waals surface area contributed by atoms with Gasteiger partial charge < -0.3 is 24.6 Å². The molecule has 0 atom stereocenters. The van der Waals surface area contributed by atoms with Gasteiger partial charge in [0.2, 0.25) is 5.91 Å². The number of likely N-dealkylation sites (N-methyl/N-ethyl adjacent to an activating group) is 1. The standard InChI is InChI=1S/C21H30N4O3S.HI/c1-15-10-18(27-5)19(28-6)11-16(15)14-25(4)21(23-13-20(26)24(2)3)22-12-17-8-7-9-29-17;/h7-11H,12-14H2,1-6H3,(H,22,23);1H. The molecule has 0 saturated carbocycles. The van der Waals surface area contributed by atoms with Gasteiger partial charge in [0.1, 0.15) is 6.54 Å². The highest BCUT2D eigenvalue weighted by molar-refractivity contribution is 14.0. The van der Waals surface area contributed by atoms with Gasteiger partial charge in [-0.15, -0.1) is 35.3 Å². The third-order valence-electron chi connectivity index (χ3n) is 4.47. The van der Waals surface area contributed by atoms with E-state index in [-0.39, 0.29) is 36.4 Å². The van der Waals surface area contributed by atoms with E-state index in [2.05, 4.69) is 16.4 Å². The number of aryl methyl sites for hydroxylation is 1. The Bertz CT molecular complexity index is 841. The third kappa shape index (κ3) is 7.35. The molecule has 0 bridgehead atoms. The molecule has 7 nitrogen and oxygen atoms in total. The summed E-state index contributed by atoms with van der Waals surface area (Å²) < 4.78 is 10.8. The summed E-state index contributed by atoms with van der Waals surface area (Å²) in [6.45, 7) is 3.39. The normalized spacial score (nSPS) is 10.8. The Hall–Kier alpha value is -2.01. The maximum absolute atomic E-state index is 12.0. The smallest absolute Gasteiger partial charge is 0.243 e. The highest BCUT2D eigenvalue weighted by atomic mass is 127. The van der Waals surface area contributed by atoms with Crippen LogP contribution in [0.15, 0.2) is 34.6 Å². The molecule has 166 valence electrons. The third-order valence-corrected chi connectivity index (χ3v) is 5.35. The lowest BCUT2D eigenvalue weighted by Gasteiger charge is -2.24. The van der Waals surface area contributed by atoms with E-state index >= 15 is 0 Å². The lowest BCUT2D eigenvalue weighted by atomic mass is 10.1. The van der Waals surface area contributed by atoms with Crippen LogP contribution in [0.2, 0.25) is 0 Å². The predicted octanol–water partition coefficient (Wildman–Crippen LogP) is 3.36. The van der Waals surface area contributed by atoms with Crippen LogP contribution in [0, 0.1) is 6.92 Å². The topological polar surface area (TPSA) is 66.4 Å². The first-order chi connectivity index (χ1) is 13.8. The Kier molecular flexibility index (Phi) is 11.0. The molecule has 30 heavy (non-hydrogen) atoms. The molecule has 0 fully saturated rings. The maximum Gasteiger partial charge on any atom is 0.243 e. The molecule has 0 spiro atoms. The van der Waals surface area contributed by atoms with Crippen molar-refractivity contribution >= 4 is 47.2 Å². The van der Waals surface area contributed by atoms with Crippen molar-refractivity contribution in [1.29, 1.82) is 0 Å². The molecule has 0 radical (unpaired) electrons. The number of rotatable bonds is 8. The van der Waals surface area contributed by atoms with E-state index in [0.717, 1.165) is 11.1 Å². The van der Waals surface area contributed by atoms with Gasteiger partial charge in [-0.2, -0.15) is 0 Å². The van der Waals surface area contributed by atoms with Crippen LogP contribution in [0.3, 0.4) is 0 Å². The number of hydrogen-bond donors (Lipinski definition) is 1. The number of carbonyl (C=O) groups excluding carboxylic acids is 1. The first kappa shape index (κ1) is 26.0. The number of nitrogens with one attached hydrogen (secondary N) is 1. The molecular weight excluding hydrogens is 515 g/mol. The molecule has 1 N–H and O–H groups in total. The van der Waals surface area contributed by atoms with E-state index in [1.54, 1.807) is 44.6 Å². The lowest BCUT2D eigenvalue weighted by Crippen LogP contribution is -2.39. The van der Waals surface area contributed by atoms with Crippen molar-refractivity contribution in [2.24, 2.45) is 4.99 Å². The molecule has 0 unspecified atom stereocenters. The van der Waals surface area contributed by atoms with Crippen LogP contribution < -0.4 is 14.8 Å². The zero-order chi connectivity index (χ0) is 21.4. The molecule has 0 saturated heterocycles. The lowest BCUT2D eigenvalue weighted by molar-refractivity contribution is -0.127. The number of benzene rings is 1. The molecule has 1 aromatic heterocycles. The summed E-state index contributed by atoms with van der Waals surface area (Å²) in [5, 5.41) is 5.41. The number of methoxy groups -OCH3 is 2. The first-order valence-electron chi connectivity index (χ1n) is 9.29. The maximum atomic E-state index is 12.0. The molecule has 0 aliphatic heterocycles. The Morgan fingerprint density at radius 3 is 2.40 bits per heavy atom.